The first-order chi connectivity index (χ1) is 7.86. The van der Waals surface area contributed by atoms with Gasteiger partial charge in [0.1, 0.15) is 0 Å². The van der Waals surface area contributed by atoms with E-state index >= 15 is 0 Å². The number of morpholine rings is 1. The molecule has 1 aliphatic carbocycles. The van der Waals surface area contributed by atoms with Crippen molar-refractivity contribution >= 4 is 5.69 Å². The Hall–Kier alpha value is -1.06. The normalized spacial score (nSPS) is 24.6. The van der Waals surface area contributed by atoms with Crippen LogP contribution in [0.2, 0.25) is 0 Å². The van der Waals surface area contributed by atoms with Crippen LogP contribution < -0.4 is 10.6 Å². The van der Waals surface area contributed by atoms with Crippen molar-refractivity contribution in [2.24, 2.45) is 5.73 Å². The fourth-order valence-electron chi connectivity index (χ4n) is 2.78. The lowest BCUT2D eigenvalue weighted by Gasteiger charge is -2.31. The molecule has 16 heavy (non-hydrogen) atoms. The van der Waals surface area contributed by atoms with Crippen LogP contribution in [0.3, 0.4) is 0 Å². The first-order valence-electron chi connectivity index (χ1n) is 6.06. The Kier molecular flexibility index (Phi) is 2.58. The maximum absolute atomic E-state index is 6.20. The van der Waals surface area contributed by atoms with Gasteiger partial charge < -0.3 is 15.4 Å². The molecule has 1 aliphatic heterocycles. The number of aryl methyl sites for hydroxylation is 1. The lowest BCUT2D eigenvalue weighted by Crippen LogP contribution is -2.37. The summed E-state index contributed by atoms with van der Waals surface area (Å²) in [7, 11) is 0. The fourth-order valence-corrected chi connectivity index (χ4v) is 2.78. The minimum atomic E-state index is 0.231. The maximum Gasteiger partial charge on any atom is 0.0642 e. The summed E-state index contributed by atoms with van der Waals surface area (Å²) in [6.45, 7) is 3.64. The third-order valence-electron chi connectivity index (χ3n) is 3.62. The SMILES string of the molecule is NC1CCc2cccc(N3CCOCC3)c21. The number of nitrogens with two attached hydrogens (primary N) is 1. The molecule has 1 heterocycles. The van der Waals surface area contributed by atoms with Crippen LogP contribution in [0.4, 0.5) is 5.69 Å². The second-order valence-corrected chi connectivity index (χ2v) is 4.59. The van der Waals surface area contributed by atoms with Gasteiger partial charge in [0.15, 0.2) is 0 Å². The number of ether oxygens (including phenoxy) is 1. The third-order valence-corrected chi connectivity index (χ3v) is 3.62. The van der Waals surface area contributed by atoms with Gasteiger partial charge in [-0.25, -0.2) is 0 Å². The molecule has 86 valence electrons. The van der Waals surface area contributed by atoms with Crippen molar-refractivity contribution in [3.63, 3.8) is 0 Å². The van der Waals surface area contributed by atoms with Crippen LogP contribution in [0.15, 0.2) is 18.2 Å². The van der Waals surface area contributed by atoms with Gasteiger partial charge >= 0.3 is 0 Å². The predicted octanol–water partition coefficient (Wildman–Crippen LogP) is 1.47. The molecule has 0 radical (unpaired) electrons. The second-order valence-electron chi connectivity index (χ2n) is 4.59. The molecule has 1 atom stereocenters. The average Bonchev–Trinajstić information content (AvgIpc) is 2.73. The number of hydrogen-bond donors (Lipinski definition) is 1. The molecule has 0 amide bonds. The fraction of sp³-hybridized carbons (Fsp3) is 0.538. The Bertz CT molecular complexity index is 386. The third kappa shape index (κ3) is 1.60. The quantitative estimate of drug-likeness (QED) is 0.775. The Morgan fingerprint density at radius 3 is 2.88 bits per heavy atom. The van der Waals surface area contributed by atoms with E-state index in [1.165, 1.54) is 16.8 Å². The molecule has 3 rings (SSSR count). The van der Waals surface area contributed by atoms with E-state index < -0.39 is 0 Å². The number of benzene rings is 1. The van der Waals surface area contributed by atoms with E-state index in [0.29, 0.717) is 0 Å². The van der Waals surface area contributed by atoms with E-state index in [1.807, 2.05) is 0 Å². The van der Waals surface area contributed by atoms with Gasteiger partial charge in [-0.15, -0.1) is 0 Å². The van der Waals surface area contributed by atoms with E-state index in [-0.39, 0.29) is 6.04 Å². The van der Waals surface area contributed by atoms with Gasteiger partial charge in [-0.2, -0.15) is 0 Å². The highest BCUT2D eigenvalue weighted by molar-refractivity contribution is 5.60. The number of hydrogen-bond acceptors (Lipinski definition) is 3. The first kappa shape index (κ1) is 10.1. The van der Waals surface area contributed by atoms with Crippen molar-refractivity contribution in [3.05, 3.63) is 29.3 Å². The average molecular weight is 218 g/mol. The molecule has 3 heteroatoms. The summed E-state index contributed by atoms with van der Waals surface area (Å²) in [4.78, 5) is 2.41. The highest BCUT2D eigenvalue weighted by atomic mass is 16.5. The number of anilines is 1. The van der Waals surface area contributed by atoms with Gasteiger partial charge in [0.05, 0.1) is 13.2 Å². The summed E-state index contributed by atoms with van der Waals surface area (Å²) in [6.07, 6.45) is 2.23. The summed E-state index contributed by atoms with van der Waals surface area (Å²) in [5.41, 5.74) is 10.4. The highest BCUT2D eigenvalue weighted by Crippen LogP contribution is 2.36. The Morgan fingerprint density at radius 1 is 1.25 bits per heavy atom. The molecule has 1 aromatic rings. The monoisotopic (exact) mass is 218 g/mol. The highest BCUT2D eigenvalue weighted by Gasteiger charge is 2.25. The molecular formula is C13H18N2O. The maximum atomic E-state index is 6.20. The standard InChI is InChI=1S/C13H18N2O/c14-11-5-4-10-2-1-3-12(13(10)11)15-6-8-16-9-7-15/h1-3,11H,4-9,14H2. The Morgan fingerprint density at radius 2 is 2.06 bits per heavy atom. The lowest BCUT2D eigenvalue weighted by atomic mass is 10.0. The van der Waals surface area contributed by atoms with Crippen molar-refractivity contribution in [1.82, 2.24) is 0 Å². The van der Waals surface area contributed by atoms with Gasteiger partial charge in [0.25, 0.3) is 0 Å². The lowest BCUT2D eigenvalue weighted by molar-refractivity contribution is 0.122. The minimum absolute atomic E-state index is 0.231. The topological polar surface area (TPSA) is 38.5 Å². The summed E-state index contributed by atoms with van der Waals surface area (Å²) in [5.74, 6) is 0. The number of rotatable bonds is 1. The smallest absolute Gasteiger partial charge is 0.0642 e. The van der Waals surface area contributed by atoms with Gasteiger partial charge in [-0.1, -0.05) is 12.1 Å². The van der Waals surface area contributed by atoms with Gasteiger partial charge in [0, 0.05) is 24.8 Å². The van der Waals surface area contributed by atoms with E-state index in [2.05, 4.69) is 23.1 Å². The van der Waals surface area contributed by atoms with Crippen molar-refractivity contribution in [2.75, 3.05) is 31.2 Å². The summed E-state index contributed by atoms with van der Waals surface area (Å²) >= 11 is 0. The number of fused-ring (bicyclic) bond motifs is 1. The van der Waals surface area contributed by atoms with E-state index in [0.717, 1.165) is 39.1 Å². The molecule has 2 aliphatic rings. The van der Waals surface area contributed by atoms with Gasteiger partial charge in [-0.05, 0) is 30.0 Å². The van der Waals surface area contributed by atoms with Gasteiger partial charge in [-0.3, -0.25) is 0 Å². The molecule has 0 aromatic heterocycles. The zero-order valence-corrected chi connectivity index (χ0v) is 9.48. The molecule has 1 aromatic carbocycles. The van der Waals surface area contributed by atoms with Gasteiger partial charge in [0.2, 0.25) is 0 Å². The van der Waals surface area contributed by atoms with Crippen LogP contribution in [-0.2, 0) is 11.2 Å². The molecule has 0 saturated carbocycles. The van der Waals surface area contributed by atoms with Crippen LogP contribution in [0, 0.1) is 0 Å². The summed E-state index contributed by atoms with van der Waals surface area (Å²) in [6, 6.07) is 6.80. The summed E-state index contributed by atoms with van der Waals surface area (Å²) in [5, 5.41) is 0. The van der Waals surface area contributed by atoms with Crippen molar-refractivity contribution < 1.29 is 4.74 Å². The molecule has 1 unspecified atom stereocenters. The van der Waals surface area contributed by atoms with Crippen molar-refractivity contribution in [3.8, 4) is 0 Å². The number of nitrogens with zero attached hydrogens (tertiary/aromatic N) is 1. The molecule has 0 spiro atoms. The molecular weight excluding hydrogens is 200 g/mol. The van der Waals surface area contributed by atoms with Crippen molar-refractivity contribution in [2.45, 2.75) is 18.9 Å². The van der Waals surface area contributed by atoms with Crippen LogP contribution >= 0.6 is 0 Å². The molecule has 1 fully saturated rings. The molecule has 1 saturated heterocycles. The van der Waals surface area contributed by atoms with E-state index in [4.69, 9.17) is 10.5 Å². The molecule has 0 bridgehead atoms. The molecule has 2 N–H and O–H groups in total. The first-order valence-corrected chi connectivity index (χ1v) is 6.06. The Labute approximate surface area is 96.2 Å². The zero-order chi connectivity index (χ0) is 11.0. The van der Waals surface area contributed by atoms with Crippen LogP contribution in [0.1, 0.15) is 23.6 Å². The van der Waals surface area contributed by atoms with Crippen LogP contribution in [0.25, 0.3) is 0 Å². The van der Waals surface area contributed by atoms with Crippen molar-refractivity contribution in [1.29, 1.82) is 0 Å². The second kappa shape index (κ2) is 4.07. The minimum Gasteiger partial charge on any atom is -0.378 e. The van der Waals surface area contributed by atoms with E-state index in [9.17, 15) is 0 Å². The zero-order valence-electron chi connectivity index (χ0n) is 9.48. The predicted molar refractivity (Wildman–Crippen MR) is 64.7 cm³/mol. The van der Waals surface area contributed by atoms with Crippen LogP contribution in [-0.4, -0.2) is 26.3 Å². The summed E-state index contributed by atoms with van der Waals surface area (Å²) < 4.78 is 5.39. The van der Waals surface area contributed by atoms with Crippen LogP contribution in [0.5, 0.6) is 0 Å². The molecule has 3 nitrogen and oxygen atoms in total. The Balaban J connectivity index is 1.97. The van der Waals surface area contributed by atoms with E-state index in [1.54, 1.807) is 0 Å². The largest absolute Gasteiger partial charge is 0.378 e.